The fraction of sp³-hybridized carbons (Fsp3) is 0.381. The molecule has 0 spiro atoms. The third kappa shape index (κ3) is 9.81. The van der Waals surface area contributed by atoms with E-state index in [-0.39, 0.29) is 92.7 Å². The standard InChI is InChI=1S/C33H33N2O.C30H36N.Ir/c1-20-17-24(23-13-15-33(4,5)16-14-23)10-12-25(20)29-18-30(34-19-21(29)2)28-8-6-7-26-27-11-9-22(3)35-32(27)36-31(26)28;1-20-9-10-22(27-19-23(13-16-31-27)28(2,3)4)17-24(20)21-11-12-25-26(18-21)30(7,8)15-14-29(25,5)6;/h6-7,9-12,17-19,23H,13-16H2,1-5H3;9,11-13,16-19H,14-15H2,1-8H3;/q2*-1;/i1D3,2D3,3D3,12D,23D;1D3;. The first-order valence-corrected chi connectivity index (χ1v) is 23.4. The molecule has 353 valence electrons. The van der Waals surface area contributed by atoms with Crippen molar-refractivity contribution in [3.05, 3.63) is 160 Å². The second-order valence-electron chi connectivity index (χ2n) is 21.7. The summed E-state index contributed by atoms with van der Waals surface area (Å²) >= 11 is 0. The third-order valence-electron chi connectivity index (χ3n) is 14.3. The van der Waals surface area contributed by atoms with Crippen LogP contribution in [-0.2, 0) is 36.4 Å². The van der Waals surface area contributed by atoms with E-state index in [9.17, 15) is 1.37 Å². The number of hydrogen-bond acceptors (Lipinski definition) is 4. The van der Waals surface area contributed by atoms with Crippen molar-refractivity contribution >= 4 is 22.1 Å². The SMILES string of the molecule is [2H]C([2H])([2H])c1c[c-]c(-c2cc(C(C)(C)C)ccn2)cc1-c1ccc2c(c1)C(C)(C)CCC2(C)C.[2H]c1cc(C2([2H])CCC(C)(C)CC2)cc(C([2H])([2H])[2H])c1-c1cc(-c2[c-]ccc3c2oc2nc(C([2H])([2H])[2H])ccc23)ncc1C([2H])([2H])[2H].[Ir]. The predicted octanol–water partition coefficient (Wildman–Crippen LogP) is 17.3. The molecule has 8 aromatic rings. The summed E-state index contributed by atoms with van der Waals surface area (Å²) in [6.45, 7) is 9.92. The summed E-state index contributed by atoms with van der Waals surface area (Å²) in [5.74, 6) is -1.07. The van der Waals surface area contributed by atoms with Crippen molar-refractivity contribution in [3.63, 3.8) is 0 Å². The monoisotopic (exact) mass is 1090 g/mol. The van der Waals surface area contributed by atoms with Gasteiger partial charge in [-0.15, -0.1) is 47.5 Å². The largest absolute Gasteiger partial charge is 0.486 e. The van der Waals surface area contributed by atoms with Gasteiger partial charge in [0.15, 0.2) is 0 Å². The Bertz CT molecular complexity index is 3720. The van der Waals surface area contributed by atoms with Crippen LogP contribution in [0.4, 0.5) is 0 Å². The number of aromatic nitrogens is 3. The van der Waals surface area contributed by atoms with Gasteiger partial charge in [-0.2, -0.15) is 0 Å². The van der Waals surface area contributed by atoms with Gasteiger partial charge in [-0.3, -0.25) is 0 Å². The Kier molecular flexibility index (Phi) is 9.34. The zero-order valence-electron chi connectivity index (χ0n) is 54.6. The fourth-order valence-electron chi connectivity index (χ4n) is 9.73. The van der Waals surface area contributed by atoms with Gasteiger partial charge in [-0.25, -0.2) is 4.98 Å². The average Bonchev–Trinajstić information content (AvgIpc) is 1.48. The molecule has 10 rings (SSSR count). The van der Waals surface area contributed by atoms with Crippen LogP contribution in [0.1, 0.15) is 171 Å². The van der Waals surface area contributed by atoms with E-state index in [0.29, 0.717) is 40.3 Å². The Morgan fingerprint density at radius 1 is 0.706 bits per heavy atom. The van der Waals surface area contributed by atoms with Crippen molar-refractivity contribution in [2.75, 3.05) is 0 Å². The van der Waals surface area contributed by atoms with Gasteiger partial charge in [0.05, 0.1) is 6.95 Å². The molecule has 68 heavy (non-hydrogen) atoms. The smallest absolute Gasteiger partial charge is 0.216 e. The van der Waals surface area contributed by atoms with Crippen molar-refractivity contribution in [2.45, 2.75) is 150 Å². The van der Waals surface area contributed by atoms with E-state index < -0.39 is 33.3 Å². The van der Waals surface area contributed by atoms with Crippen LogP contribution in [0.15, 0.2) is 108 Å². The normalized spacial score (nSPS) is 20.7. The number of aryl methyl sites for hydroxylation is 4. The van der Waals surface area contributed by atoms with Crippen LogP contribution in [0.25, 0.3) is 66.8 Å². The maximum absolute atomic E-state index is 9.25. The number of pyridine rings is 3. The van der Waals surface area contributed by atoms with E-state index in [1.54, 1.807) is 24.3 Å². The fourth-order valence-corrected chi connectivity index (χ4v) is 9.73. The van der Waals surface area contributed by atoms with Crippen molar-refractivity contribution in [2.24, 2.45) is 5.41 Å². The van der Waals surface area contributed by atoms with Gasteiger partial charge in [0.1, 0.15) is 0 Å². The van der Waals surface area contributed by atoms with Crippen molar-refractivity contribution in [1.29, 1.82) is 0 Å². The molecule has 4 nitrogen and oxygen atoms in total. The van der Waals surface area contributed by atoms with Crippen LogP contribution >= 0.6 is 0 Å². The summed E-state index contributed by atoms with van der Waals surface area (Å²) in [5, 5.41) is 1.17. The minimum Gasteiger partial charge on any atom is -0.486 e. The van der Waals surface area contributed by atoms with Crippen LogP contribution in [0.3, 0.4) is 0 Å². The third-order valence-corrected chi connectivity index (χ3v) is 14.3. The Balaban J connectivity index is 0.000000223. The van der Waals surface area contributed by atoms with Gasteiger partial charge >= 0.3 is 0 Å². The van der Waals surface area contributed by atoms with E-state index in [4.69, 9.17) is 22.2 Å². The Hall–Kier alpha value is -5.22. The van der Waals surface area contributed by atoms with E-state index in [1.165, 1.54) is 41.0 Å². The summed E-state index contributed by atoms with van der Waals surface area (Å²) in [6.07, 6.45) is 7.82. The molecule has 2 aliphatic carbocycles. The van der Waals surface area contributed by atoms with Gasteiger partial charge in [-0.1, -0.05) is 134 Å². The van der Waals surface area contributed by atoms with E-state index in [1.807, 2.05) is 18.3 Å². The summed E-state index contributed by atoms with van der Waals surface area (Å²) < 4.78 is 122. The molecular weight excluding hydrogens is 1010 g/mol. The molecule has 1 saturated carbocycles. The van der Waals surface area contributed by atoms with E-state index in [0.717, 1.165) is 54.3 Å². The molecule has 2 aliphatic rings. The number of hydrogen-bond donors (Lipinski definition) is 0. The molecule has 0 atom stereocenters. The predicted molar refractivity (Wildman–Crippen MR) is 281 cm³/mol. The maximum atomic E-state index is 9.25. The Morgan fingerprint density at radius 2 is 1.47 bits per heavy atom. The summed E-state index contributed by atoms with van der Waals surface area (Å²) in [4.78, 5) is 13.2. The molecule has 1 radical (unpaired) electrons. The molecule has 0 saturated heterocycles. The van der Waals surface area contributed by atoms with Crippen molar-refractivity contribution in [1.82, 2.24) is 15.0 Å². The Labute approximate surface area is 439 Å². The molecule has 0 unspecified atom stereocenters. The zero-order valence-corrected chi connectivity index (χ0v) is 43.0. The van der Waals surface area contributed by atoms with Crippen LogP contribution in [0.2, 0.25) is 0 Å². The molecule has 4 heterocycles. The number of rotatable bonds is 5. The summed E-state index contributed by atoms with van der Waals surface area (Å²) in [5.41, 5.74) is 8.44. The summed E-state index contributed by atoms with van der Waals surface area (Å²) in [6, 6.07) is 31.1. The molecule has 0 bridgehead atoms. The number of benzene rings is 4. The first-order valence-electron chi connectivity index (χ1n) is 30.4. The topological polar surface area (TPSA) is 51.8 Å². The van der Waals surface area contributed by atoms with Crippen LogP contribution < -0.4 is 0 Å². The Morgan fingerprint density at radius 3 is 2.21 bits per heavy atom. The molecule has 4 aromatic heterocycles. The average molecular weight is 1090 g/mol. The van der Waals surface area contributed by atoms with Crippen molar-refractivity contribution < 1.29 is 43.7 Å². The van der Waals surface area contributed by atoms with E-state index >= 15 is 0 Å². The second kappa shape index (κ2) is 18.6. The first kappa shape index (κ1) is 34.1. The summed E-state index contributed by atoms with van der Waals surface area (Å²) in [7, 11) is 0. The second-order valence-corrected chi connectivity index (χ2v) is 21.7. The van der Waals surface area contributed by atoms with Crippen LogP contribution in [0.5, 0.6) is 0 Å². The quantitative estimate of drug-likeness (QED) is 0.161. The molecule has 4 aromatic carbocycles. The zero-order chi connectivity index (χ0) is 59.4. The van der Waals surface area contributed by atoms with Gasteiger partial charge in [0.25, 0.3) is 0 Å². The minimum atomic E-state index is -2.72. The molecule has 1 fully saturated rings. The molecule has 0 aliphatic heterocycles. The van der Waals surface area contributed by atoms with Gasteiger partial charge in [-0.05, 0) is 166 Å². The number of fused-ring (bicyclic) bond motifs is 4. The maximum Gasteiger partial charge on any atom is 0.216 e. The molecule has 0 amide bonds. The minimum absolute atomic E-state index is 0. The van der Waals surface area contributed by atoms with Crippen LogP contribution in [0, 0.1) is 45.0 Å². The van der Waals surface area contributed by atoms with Gasteiger partial charge < -0.3 is 14.4 Å². The van der Waals surface area contributed by atoms with Gasteiger partial charge in [0, 0.05) is 61.4 Å². The molecule has 0 N–H and O–H groups in total. The number of nitrogens with zero attached hydrogens (tertiary/aromatic N) is 3. The van der Waals surface area contributed by atoms with Crippen LogP contribution in [-0.4, -0.2) is 15.0 Å². The van der Waals surface area contributed by atoms with Gasteiger partial charge in [0.2, 0.25) is 5.71 Å². The first-order chi connectivity index (χ1) is 37.3. The van der Waals surface area contributed by atoms with Crippen molar-refractivity contribution in [3.8, 4) is 44.8 Å². The number of furan rings is 1. The van der Waals surface area contributed by atoms with E-state index in [2.05, 4.69) is 114 Å². The molecule has 5 heteroatoms. The molecular formula is C63H69IrN3O-2.